The van der Waals surface area contributed by atoms with Crippen LogP contribution in [-0.4, -0.2) is 17.5 Å². The number of rotatable bonds is 6. The molecule has 0 heterocycles. The highest BCUT2D eigenvalue weighted by Crippen LogP contribution is 2.61. The second kappa shape index (κ2) is 8.70. The van der Waals surface area contributed by atoms with E-state index in [-0.39, 0.29) is 0 Å². The number of benzene rings is 1. The van der Waals surface area contributed by atoms with Crippen LogP contribution in [0.25, 0.3) is 0 Å². The van der Waals surface area contributed by atoms with E-state index in [2.05, 4.69) is 30.5 Å². The fourth-order valence-electron chi connectivity index (χ4n) is 7.92. The smallest absolute Gasteiger partial charge is 0.0458 e. The van der Waals surface area contributed by atoms with Gasteiger partial charge in [-0.1, -0.05) is 49.0 Å². The number of halogens is 2. The van der Waals surface area contributed by atoms with Crippen molar-refractivity contribution in [1.29, 1.82) is 0 Å². The van der Waals surface area contributed by atoms with Gasteiger partial charge in [0.05, 0.1) is 0 Å². The van der Waals surface area contributed by atoms with Crippen LogP contribution in [0, 0.1) is 23.7 Å². The average molecular weight is 447 g/mol. The Morgan fingerprint density at radius 3 is 2.03 bits per heavy atom. The molecule has 0 spiro atoms. The second-order valence-electron chi connectivity index (χ2n) is 10.8. The molecule has 0 radical (unpaired) electrons. The van der Waals surface area contributed by atoms with E-state index >= 15 is 0 Å². The molecular formula is C27H37Cl2N. The van der Waals surface area contributed by atoms with E-state index in [1.165, 1.54) is 81.0 Å². The summed E-state index contributed by atoms with van der Waals surface area (Å²) in [5.74, 6) is 4.15. The van der Waals surface area contributed by atoms with Crippen molar-refractivity contribution >= 4 is 23.2 Å². The SMILES string of the molecule is C=C(Cc1cc(Cl)c(C2C3CC4CC(C3)CC2C4)c(Cl)c1)N(CC)C1CCCCC1. The standard InChI is InChI=1S/C27H37Cl2N/c1-3-30(23-7-5-4-6-8-23)17(2)9-18-15-24(28)27(25(29)16-18)26-21-11-19-10-20(13-21)14-22(26)12-19/h15-16,19-23,26H,2-14H2,1H3. The van der Waals surface area contributed by atoms with Crippen LogP contribution in [0.4, 0.5) is 0 Å². The fourth-order valence-corrected chi connectivity index (χ4v) is 8.71. The Labute approximate surface area is 193 Å². The quantitative estimate of drug-likeness (QED) is 0.425. The van der Waals surface area contributed by atoms with Crippen LogP contribution in [0.1, 0.15) is 88.2 Å². The summed E-state index contributed by atoms with van der Waals surface area (Å²) < 4.78 is 0. The molecule has 0 aliphatic heterocycles. The number of hydrogen-bond donors (Lipinski definition) is 0. The van der Waals surface area contributed by atoms with E-state index in [1.54, 1.807) is 0 Å². The molecule has 5 aliphatic carbocycles. The zero-order chi connectivity index (χ0) is 20.8. The van der Waals surface area contributed by atoms with Crippen LogP contribution in [-0.2, 0) is 6.42 Å². The van der Waals surface area contributed by atoms with E-state index in [4.69, 9.17) is 23.2 Å². The Kier molecular flexibility index (Phi) is 6.15. The average Bonchev–Trinajstić information content (AvgIpc) is 2.70. The molecule has 6 rings (SSSR count). The van der Waals surface area contributed by atoms with Crippen LogP contribution in [0.15, 0.2) is 24.4 Å². The van der Waals surface area contributed by atoms with Gasteiger partial charge in [-0.15, -0.1) is 0 Å². The minimum atomic E-state index is 0.587. The summed E-state index contributed by atoms with van der Waals surface area (Å²) in [7, 11) is 0. The number of hydrogen-bond acceptors (Lipinski definition) is 1. The van der Waals surface area contributed by atoms with Gasteiger partial charge in [-0.05, 0) is 105 Å². The molecule has 0 aromatic heterocycles. The van der Waals surface area contributed by atoms with Crippen molar-refractivity contribution in [2.75, 3.05) is 6.54 Å². The monoisotopic (exact) mass is 445 g/mol. The zero-order valence-electron chi connectivity index (χ0n) is 18.5. The van der Waals surface area contributed by atoms with Crippen LogP contribution in [0.3, 0.4) is 0 Å². The Bertz CT molecular complexity index is 743. The van der Waals surface area contributed by atoms with Gasteiger partial charge in [0, 0.05) is 34.7 Å². The molecular weight excluding hydrogens is 409 g/mol. The third kappa shape index (κ3) is 3.95. The zero-order valence-corrected chi connectivity index (χ0v) is 20.0. The fraction of sp³-hybridized carbons (Fsp3) is 0.704. The molecule has 3 heteroatoms. The first-order valence-electron chi connectivity index (χ1n) is 12.5. The first-order chi connectivity index (χ1) is 14.5. The molecule has 0 saturated heterocycles. The van der Waals surface area contributed by atoms with Gasteiger partial charge in [0.25, 0.3) is 0 Å². The number of allylic oxidation sites excluding steroid dienone is 1. The minimum Gasteiger partial charge on any atom is -0.372 e. The van der Waals surface area contributed by atoms with E-state index in [0.29, 0.717) is 12.0 Å². The van der Waals surface area contributed by atoms with Crippen molar-refractivity contribution in [2.45, 2.75) is 89.5 Å². The molecule has 0 amide bonds. The Hall–Kier alpha value is -0.660. The van der Waals surface area contributed by atoms with Gasteiger partial charge in [0.15, 0.2) is 0 Å². The lowest BCUT2D eigenvalue weighted by molar-refractivity contribution is -0.00272. The summed E-state index contributed by atoms with van der Waals surface area (Å²) in [6, 6.07) is 5.07. The molecule has 5 saturated carbocycles. The third-order valence-corrected chi connectivity index (χ3v) is 9.49. The highest BCUT2D eigenvalue weighted by atomic mass is 35.5. The molecule has 164 valence electrons. The van der Waals surface area contributed by atoms with E-state index in [9.17, 15) is 0 Å². The van der Waals surface area contributed by atoms with Gasteiger partial charge in [-0.3, -0.25) is 0 Å². The van der Waals surface area contributed by atoms with Crippen LogP contribution in [0.2, 0.25) is 10.0 Å². The number of likely N-dealkylation sites (N-methyl/N-ethyl adjacent to an activating group) is 1. The third-order valence-electron chi connectivity index (χ3n) is 8.87. The highest BCUT2D eigenvalue weighted by molar-refractivity contribution is 6.36. The first kappa shape index (κ1) is 21.2. The normalized spacial score (nSPS) is 33.1. The first-order valence-corrected chi connectivity index (χ1v) is 13.2. The van der Waals surface area contributed by atoms with Gasteiger partial charge in [-0.25, -0.2) is 0 Å². The van der Waals surface area contributed by atoms with E-state index in [0.717, 1.165) is 46.7 Å². The van der Waals surface area contributed by atoms with Crippen molar-refractivity contribution in [3.8, 4) is 0 Å². The van der Waals surface area contributed by atoms with Crippen LogP contribution in [0.5, 0.6) is 0 Å². The summed E-state index contributed by atoms with van der Waals surface area (Å²) >= 11 is 13.9. The molecule has 0 N–H and O–H groups in total. The second-order valence-corrected chi connectivity index (χ2v) is 11.6. The maximum absolute atomic E-state index is 6.95. The van der Waals surface area contributed by atoms with Gasteiger partial charge in [0.1, 0.15) is 0 Å². The van der Waals surface area contributed by atoms with Crippen molar-refractivity contribution < 1.29 is 0 Å². The maximum Gasteiger partial charge on any atom is 0.0458 e. The van der Waals surface area contributed by atoms with E-state index in [1.807, 2.05) is 0 Å². The molecule has 0 atom stereocenters. The van der Waals surface area contributed by atoms with Crippen molar-refractivity contribution in [3.63, 3.8) is 0 Å². The number of nitrogens with zero attached hydrogens (tertiary/aromatic N) is 1. The predicted molar refractivity (Wildman–Crippen MR) is 128 cm³/mol. The lowest BCUT2D eigenvalue weighted by Crippen LogP contribution is -2.44. The van der Waals surface area contributed by atoms with Gasteiger partial charge in [-0.2, -0.15) is 0 Å². The van der Waals surface area contributed by atoms with E-state index < -0.39 is 0 Å². The van der Waals surface area contributed by atoms with Crippen molar-refractivity contribution in [1.82, 2.24) is 4.90 Å². The molecule has 1 nitrogen and oxygen atoms in total. The summed E-state index contributed by atoms with van der Waals surface area (Å²) in [5.41, 5.74) is 3.71. The topological polar surface area (TPSA) is 3.24 Å². The Morgan fingerprint density at radius 1 is 0.933 bits per heavy atom. The van der Waals surface area contributed by atoms with Crippen LogP contribution < -0.4 is 0 Å². The Balaban J connectivity index is 1.34. The molecule has 30 heavy (non-hydrogen) atoms. The van der Waals surface area contributed by atoms with Crippen LogP contribution >= 0.6 is 23.2 Å². The minimum absolute atomic E-state index is 0.587. The molecule has 5 fully saturated rings. The molecule has 1 aromatic carbocycles. The van der Waals surface area contributed by atoms with Gasteiger partial charge < -0.3 is 4.90 Å². The Morgan fingerprint density at radius 2 is 1.50 bits per heavy atom. The van der Waals surface area contributed by atoms with Crippen molar-refractivity contribution in [2.24, 2.45) is 23.7 Å². The summed E-state index contributed by atoms with van der Waals surface area (Å²) in [6.07, 6.45) is 14.6. The summed E-state index contributed by atoms with van der Waals surface area (Å²) in [5, 5.41) is 1.81. The lowest BCUT2D eigenvalue weighted by atomic mass is 9.50. The van der Waals surface area contributed by atoms with Gasteiger partial charge in [0.2, 0.25) is 0 Å². The summed E-state index contributed by atoms with van der Waals surface area (Å²) in [4.78, 5) is 2.53. The molecule has 1 aromatic rings. The van der Waals surface area contributed by atoms with Crippen molar-refractivity contribution in [3.05, 3.63) is 45.6 Å². The summed E-state index contributed by atoms with van der Waals surface area (Å²) in [6.45, 7) is 7.77. The highest BCUT2D eigenvalue weighted by Gasteiger charge is 2.49. The largest absolute Gasteiger partial charge is 0.372 e. The lowest BCUT2D eigenvalue weighted by Gasteiger charge is -2.55. The van der Waals surface area contributed by atoms with Gasteiger partial charge >= 0.3 is 0 Å². The molecule has 4 bridgehead atoms. The molecule has 0 unspecified atom stereocenters. The molecule has 5 aliphatic rings. The maximum atomic E-state index is 6.95. The predicted octanol–water partition coefficient (Wildman–Crippen LogP) is 8.24.